The Bertz CT molecular complexity index is 2390. The van der Waals surface area contributed by atoms with Gasteiger partial charge in [-0.1, -0.05) is 54.6 Å². The number of piperazine rings is 1. The fraction of sp³-hybridized carbons (Fsp3) is 0.333. The molecule has 1 fully saturated rings. The van der Waals surface area contributed by atoms with Crippen LogP contribution in [0, 0.1) is 0 Å². The van der Waals surface area contributed by atoms with Crippen LogP contribution in [0.2, 0.25) is 0 Å². The molecule has 3 N–H and O–H groups in total. The van der Waals surface area contributed by atoms with E-state index in [1.807, 2.05) is 66.7 Å². The second kappa shape index (κ2) is 17.2. The number of esters is 1. The van der Waals surface area contributed by atoms with Gasteiger partial charge in [0, 0.05) is 86.6 Å². The van der Waals surface area contributed by atoms with Crippen LogP contribution in [0.25, 0.3) is 32.8 Å². The number of carbonyl (C=O) groups is 1. The SMILES string of the molecule is CCOC(=O)c1[nH]c2c(-c3c(COc4ccc(N5CCN(S(=O)(=O)N(C)C)CC5)cc4)n[nH]c3CCO)cccc2c1CCCOc1cccc2ccccc12. The first kappa shape index (κ1) is 38.8. The molecule has 294 valence electrons. The molecule has 14 heteroatoms. The molecule has 6 aromatic rings. The van der Waals surface area contributed by atoms with Gasteiger partial charge in [0.15, 0.2) is 0 Å². The predicted molar refractivity (Wildman–Crippen MR) is 218 cm³/mol. The Kier molecular flexibility index (Phi) is 11.9. The van der Waals surface area contributed by atoms with Crippen molar-refractivity contribution >= 4 is 43.5 Å². The minimum absolute atomic E-state index is 0.0803. The number of aromatic nitrogens is 3. The molecule has 13 nitrogen and oxygen atoms in total. The lowest BCUT2D eigenvalue weighted by Gasteiger charge is -2.36. The highest BCUT2D eigenvalue weighted by Crippen LogP contribution is 2.37. The highest BCUT2D eigenvalue weighted by molar-refractivity contribution is 7.86. The van der Waals surface area contributed by atoms with E-state index < -0.39 is 16.2 Å². The highest BCUT2D eigenvalue weighted by atomic mass is 32.2. The largest absolute Gasteiger partial charge is 0.493 e. The smallest absolute Gasteiger partial charge is 0.355 e. The van der Waals surface area contributed by atoms with Crippen LogP contribution in [0.4, 0.5) is 5.69 Å². The van der Waals surface area contributed by atoms with E-state index in [0.29, 0.717) is 69.2 Å². The van der Waals surface area contributed by atoms with Gasteiger partial charge >= 0.3 is 5.97 Å². The van der Waals surface area contributed by atoms with Crippen molar-refractivity contribution < 1.29 is 32.5 Å². The second-order valence-electron chi connectivity index (χ2n) is 13.8. The van der Waals surface area contributed by atoms with Crippen molar-refractivity contribution in [3.63, 3.8) is 0 Å². The van der Waals surface area contributed by atoms with Gasteiger partial charge in [-0.3, -0.25) is 5.10 Å². The van der Waals surface area contributed by atoms with Crippen LogP contribution in [0.15, 0.2) is 84.9 Å². The summed E-state index contributed by atoms with van der Waals surface area (Å²) in [6.07, 6.45) is 1.59. The lowest BCUT2D eigenvalue weighted by molar-refractivity contribution is 0.0519. The minimum Gasteiger partial charge on any atom is -0.493 e. The number of hydrogen-bond donors (Lipinski definition) is 3. The lowest BCUT2D eigenvalue weighted by Crippen LogP contribution is -2.51. The normalized spacial score (nSPS) is 13.8. The number of aliphatic hydroxyl groups is 1. The molecule has 1 aliphatic heterocycles. The fourth-order valence-electron chi connectivity index (χ4n) is 7.32. The van der Waals surface area contributed by atoms with E-state index >= 15 is 0 Å². The Balaban J connectivity index is 1.10. The number of aliphatic hydroxyl groups excluding tert-OH is 1. The zero-order valence-electron chi connectivity index (χ0n) is 32.0. The first-order valence-electron chi connectivity index (χ1n) is 18.9. The number of carbonyl (C=O) groups excluding carboxylic acids is 1. The van der Waals surface area contributed by atoms with Gasteiger partial charge in [0.2, 0.25) is 0 Å². The van der Waals surface area contributed by atoms with Crippen molar-refractivity contribution in [3.8, 4) is 22.6 Å². The third-order valence-corrected chi connectivity index (χ3v) is 12.1. The maximum Gasteiger partial charge on any atom is 0.355 e. The van der Waals surface area contributed by atoms with Crippen molar-refractivity contribution in [2.24, 2.45) is 0 Å². The number of nitrogens with one attached hydrogen (secondary N) is 2. The minimum atomic E-state index is -3.44. The monoisotopic (exact) mass is 780 g/mol. The molecule has 0 saturated carbocycles. The summed E-state index contributed by atoms with van der Waals surface area (Å²) < 4.78 is 45.8. The highest BCUT2D eigenvalue weighted by Gasteiger charge is 2.29. The van der Waals surface area contributed by atoms with Crippen molar-refractivity contribution in [2.45, 2.75) is 32.8 Å². The standard InChI is InChI=1S/C42H48N6O7S/c1-4-53-42(50)41-34(15-9-27-54-38-16-7-11-29-10-5-6-12-32(29)38)33-13-8-14-35(40(33)43-41)39-36(21-26-49)44-45-37(39)28-55-31-19-17-30(18-20-31)47-22-24-48(25-23-47)56(51,52)46(2)3/h5-8,10-14,16-20,43,49H,4,9,15,21-28H2,1-3H3,(H,44,45). The van der Waals surface area contributed by atoms with E-state index in [1.54, 1.807) is 21.0 Å². The van der Waals surface area contributed by atoms with Crippen LogP contribution in [0.1, 0.15) is 40.8 Å². The van der Waals surface area contributed by atoms with Crippen LogP contribution >= 0.6 is 0 Å². The molecular weight excluding hydrogens is 733 g/mol. The number of hydrogen-bond acceptors (Lipinski definition) is 9. The van der Waals surface area contributed by atoms with Gasteiger partial charge in [-0.05, 0) is 61.0 Å². The molecular formula is C42H48N6O7S. The van der Waals surface area contributed by atoms with Crippen molar-refractivity contribution in [2.75, 3.05) is 65.0 Å². The molecule has 7 rings (SSSR count). The number of H-pyrrole nitrogens is 2. The second-order valence-corrected chi connectivity index (χ2v) is 16.0. The maximum atomic E-state index is 13.3. The number of nitrogens with zero attached hydrogens (tertiary/aromatic N) is 4. The Hall–Kier alpha value is -5.41. The van der Waals surface area contributed by atoms with E-state index in [-0.39, 0.29) is 19.8 Å². The van der Waals surface area contributed by atoms with Gasteiger partial charge in [0.25, 0.3) is 10.2 Å². The van der Waals surface area contributed by atoms with Gasteiger partial charge in [-0.15, -0.1) is 0 Å². The molecule has 0 spiro atoms. The van der Waals surface area contributed by atoms with Gasteiger partial charge in [0.05, 0.1) is 18.7 Å². The lowest BCUT2D eigenvalue weighted by atomic mass is 9.97. The number of ether oxygens (including phenoxy) is 3. The van der Waals surface area contributed by atoms with E-state index in [4.69, 9.17) is 14.2 Å². The van der Waals surface area contributed by atoms with Crippen LogP contribution in [-0.2, 0) is 34.4 Å². The topological polar surface area (TPSA) is 153 Å². The Morgan fingerprint density at radius 3 is 2.38 bits per heavy atom. The molecule has 4 aromatic carbocycles. The van der Waals surface area contributed by atoms with Gasteiger partial charge in [0.1, 0.15) is 29.5 Å². The van der Waals surface area contributed by atoms with Gasteiger partial charge in [-0.2, -0.15) is 22.1 Å². The number of para-hydroxylation sites is 1. The summed E-state index contributed by atoms with van der Waals surface area (Å²) in [5.41, 5.74) is 6.05. The Labute approximate surface area is 327 Å². The Morgan fingerprint density at radius 2 is 1.62 bits per heavy atom. The first-order chi connectivity index (χ1) is 27.2. The average molecular weight is 781 g/mol. The summed E-state index contributed by atoms with van der Waals surface area (Å²) in [5, 5.41) is 20.8. The van der Waals surface area contributed by atoms with Gasteiger partial charge < -0.3 is 29.2 Å². The summed E-state index contributed by atoms with van der Waals surface area (Å²) >= 11 is 0. The van der Waals surface area contributed by atoms with Crippen LogP contribution in [0.3, 0.4) is 0 Å². The van der Waals surface area contributed by atoms with Crippen molar-refractivity contribution in [1.82, 2.24) is 23.8 Å². The van der Waals surface area contributed by atoms with Crippen LogP contribution in [0.5, 0.6) is 11.5 Å². The first-order valence-corrected chi connectivity index (χ1v) is 20.3. The molecule has 0 radical (unpaired) electrons. The van der Waals surface area contributed by atoms with E-state index in [9.17, 15) is 18.3 Å². The maximum absolute atomic E-state index is 13.3. The fourth-order valence-corrected chi connectivity index (χ4v) is 8.41. The number of aryl methyl sites for hydroxylation is 1. The molecule has 3 heterocycles. The van der Waals surface area contributed by atoms with Crippen LogP contribution < -0.4 is 14.4 Å². The third-order valence-electron chi connectivity index (χ3n) is 10.2. The van der Waals surface area contributed by atoms with E-state index in [0.717, 1.165) is 55.5 Å². The number of aromatic amines is 2. The summed E-state index contributed by atoms with van der Waals surface area (Å²) in [6, 6.07) is 27.8. The zero-order chi connectivity index (χ0) is 39.2. The van der Waals surface area contributed by atoms with Gasteiger partial charge in [-0.25, -0.2) is 4.79 Å². The molecule has 0 atom stereocenters. The summed E-state index contributed by atoms with van der Waals surface area (Å²) in [5.74, 6) is 1.05. The molecule has 56 heavy (non-hydrogen) atoms. The molecule has 0 aliphatic carbocycles. The third kappa shape index (κ3) is 8.10. The molecule has 1 aliphatic rings. The number of rotatable bonds is 16. The summed E-state index contributed by atoms with van der Waals surface area (Å²) in [7, 11) is -0.346. The van der Waals surface area contributed by atoms with Crippen LogP contribution in [-0.4, -0.2) is 103 Å². The predicted octanol–water partition coefficient (Wildman–Crippen LogP) is 5.94. The van der Waals surface area contributed by atoms with Crippen molar-refractivity contribution in [3.05, 3.63) is 108 Å². The molecule has 0 unspecified atom stereocenters. The quantitative estimate of drug-likeness (QED) is 0.0800. The Morgan fingerprint density at radius 1 is 0.893 bits per heavy atom. The molecule has 0 amide bonds. The molecule has 1 saturated heterocycles. The summed E-state index contributed by atoms with van der Waals surface area (Å²) in [6.45, 7) is 4.55. The number of fused-ring (bicyclic) bond motifs is 2. The molecule has 2 aromatic heterocycles. The summed E-state index contributed by atoms with van der Waals surface area (Å²) in [4.78, 5) is 18.9. The number of anilines is 1. The van der Waals surface area contributed by atoms with E-state index in [2.05, 4.69) is 38.3 Å². The van der Waals surface area contributed by atoms with E-state index in [1.165, 1.54) is 8.61 Å². The number of benzene rings is 4. The molecule has 0 bridgehead atoms. The average Bonchev–Trinajstić information content (AvgIpc) is 3.80. The van der Waals surface area contributed by atoms with Crippen molar-refractivity contribution in [1.29, 1.82) is 0 Å². The zero-order valence-corrected chi connectivity index (χ0v) is 32.8.